The molecule has 5 heteroatoms. The van der Waals surface area contributed by atoms with Crippen LogP contribution in [-0.2, 0) is 0 Å². The number of hydrogen-bond donors (Lipinski definition) is 0. The van der Waals surface area contributed by atoms with E-state index in [4.69, 9.17) is 0 Å². The molecule has 0 N–H and O–H groups in total. The minimum absolute atomic E-state index is 0.331. The van der Waals surface area contributed by atoms with Crippen LogP contribution in [0.1, 0.15) is 16.1 Å². The predicted molar refractivity (Wildman–Crippen MR) is 59.2 cm³/mol. The Hall–Kier alpha value is -1.49. The Kier molecular flexibility index (Phi) is 2.64. The maximum atomic E-state index is 10.5. The van der Waals surface area contributed by atoms with Crippen molar-refractivity contribution in [2.45, 2.75) is 6.92 Å². The molecule has 0 saturated carbocycles. The van der Waals surface area contributed by atoms with Crippen LogP contribution in [-0.4, -0.2) is 21.3 Å². The van der Waals surface area contributed by atoms with E-state index >= 15 is 0 Å². The van der Waals surface area contributed by atoms with Crippen LogP contribution in [0.3, 0.4) is 0 Å². The molecular weight excluding hydrogens is 258 g/mol. The summed E-state index contributed by atoms with van der Waals surface area (Å²) in [6.45, 7) is 1.97. The average Bonchev–Trinajstić information content (AvgIpc) is 2.66. The molecule has 1 aromatic heterocycles. The van der Waals surface area contributed by atoms with Crippen molar-refractivity contribution in [1.29, 1.82) is 0 Å². The van der Waals surface area contributed by atoms with Gasteiger partial charge in [0.1, 0.15) is 5.69 Å². The van der Waals surface area contributed by atoms with Crippen molar-refractivity contribution in [2.24, 2.45) is 0 Å². The lowest BCUT2D eigenvalue weighted by molar-refractivity contribution is 0.111. The first-order chi connectivity index (χ1) is 7.20. The van der Waals surface area contributed by atoms with Crippen molar-refractivity contribution in [3.05, 3.63) is 40.1 Å². The first-order valence-electron chi connectivity index (χ1n) is 4.35. The Morgan fingerprint density at radius 2 is 2.27 bits per heavy atom. The van der Waals surface area contributed by atoms with Crippen LogP contribution >= 0.6 is 15.9 Å². The molecule has 0 aliphatic rings. The van der Waals surface area contributed by atoms with Crippen LogP contribution in [0.25, 0.3) is 5.69 Å². The zero-order chi connectivity index (χ0) is 10.8. The van der Waals surface area contributed by atoms with Crippen molar-refractivity contribution in [2.75, 3.05) is 0 Å². The number of carbonyl (C=O) groups excluding carboxylic acids is 1. The number of hydrogen-bond acceptors (Lipinski definition) is 3. The monoisotopic (exact) mass is 265 g/mol. The summed E-state index contributed by atoms with van der Waals surface area (Å²) in [6, 6.07) is 5.82. The summed E-state index contributed by atoms with van der Waals surface area (Å²) in [5, 5.41) is 7.58. The molecule has 0 aliphatic heterocycles. The number of aromatic nitrogens is 3. The Morgan fingerprint density at radius 3 is 2.87 bits per heavy atom. The van der Waals surface area contributed by atoms with Crippen molar-refractivity contribution >= 4 is 22.2 Å². The molecule has 0 spiro atoms. The second-order valence-corrected chi connectivity index (χ2v) is 4.05. The van der Waals surface area contributed by atoms with Gasteiger partial charge in [-0.3, -0.25) is 4.79 Å². The highest BCUT2D eigenvalue weighted by molar-refractivity contribution is 9.10. The minimum Gasteiger partial charge on any atom is -0.296 e. The summed E-state index contributed by atoms with van der Waals surface area (Å²) in [4.78, 5) is 10.5. The Bertz CT molecular complexity index is 507. The average molecular weight is 266 g/mol. The summed E-state index contributed by atoms with van der Waals surface area (Å²) in [5.41, 5.74) is 2.31. The van der Waals surface area contributed by atoms with Gasteiger partial charge in [0.05, 0.1) is 11.9 Å². The predicted octanol–water partition coefficient (Wildman–Crippen LogP) is 2.15. The normalized spacial score (nSPS) is 10.3. The Morgan fingerprint density at radius 1 is 1.47 bits per heavy atom. The second kappa shape index (κ2) is 3.94. The molecule has 0 bridgehead atoms. The number of benzene rings is 1. The van der Waals surface area contributed by atoms with Crippen LogP contribution in [0.2, 0.25) is 0 Å². The van der Waals surface area contributed by atoms with E-state index < -0.39 is 0 Å². The van der Waals surface area contributed by atoms with Crippen molar-refractivity contribution in [3.63, 3.8) is 0 Å². The molecule has 1 heterocycles. The number of nitrogens with zero attached hydrogens (tertiary/aromatic N) is 3. The first-order valence-corrected chi connectivity index (χ1v) is 5.14. The van der Waals surface area contributed by atoms with E-state index in [-0.39, 0.29) is 0 Å². The van der Waals surface area contributed by atoms with Gasteiger partial charge in [0, 0.05) is 4.47 Å². The highest BCUT2D eigenvalue weighted by Crippen LogP contribution is 2.18. The van der Waals surface area contributed by atoms with Gasteiger partial charge in [0.25, 0.3) is 0 Å². The molecule has 2 rings (SSSR count). The van der Waals surface area contributed by atoms with E-state index in [2.05, 4.69) is 26.2 Å². The molecule has 0 fully saturated rings. The lowest BCUT2D eigenvalue weighted by Gasteiger charge is -2.04. The van der Waals surface area contributed by atoms with Gasteiger partial charge in [-0.15, -0.1) is 5.10 Å². The molecule has 2 aromatic rings. The van der Waals surface area contributed by atoms with E-state index in [1.165, 1.54) is 0 Å². The standard InChI is InChI=1S/C10H8BrN3O/c1-7-4-8(11)2-3-10(7)14-5-9(6-15)12-13-14/h2-6H,1H3. The van der Waals surface area contributed by atoms with Gasteiger partial charge in [-0.2, -0.15) is 0 Å². The van der Waals surface area contributed by atoms with Gasteiger partial charge < -0.3 is 0 Å². The SMILES string of the molecule is Cc1cc(Br)ccc1-n1cc(C=O)nn1. The minimum atomic E-state index is 0.331. The van der Waals surface area contributed by atoms with E-state index in [0.29, 0.717) is 12.0 Å². The van der Waals surface area contributed by atoms with Crippen LogP contribution < -0.4 is 0 Å². The quantitative estimate of drug-likeness (QED) is 0.782. The van der Waals surface area contributed by atoms with Crippen LogP contribution in [0.5, 0.6) is 0 Å². The molecule has 0 atom stereocenters. The van der Waals surface area contributed by atoms with Gasteiger partial charge >= 0.3 is 0 Å². The lowest BCUT2D eigenvalue weighted by atomic mass is 10.2. The number of rotatable bonds is 2. The molecular formula is C10H8BrN3O. The maximum Gasteiger partial charge on any atom is 0.171 e. The first kappa shape index (κ1) is 10.0. The highest BCUT2D eigenvalue weighted by Gasteiger charge is 2.04. The zero-order valence-electron chi connectivity index (χ0n) is 8.01. The summed E-state index contributed by atoms with van der Waals surface area (Å²) < 4.78 is 2.60. The topological polar surface area (TPSA) is 47.8 Å². The number of carbonyl (C=O) groups is 1. The molecule has 0 saturated heterocycles. The fourth-order valence-corrected chi connectivity index (χ4v) is 1.80. The fourth-order valence-electron chi connectivity index (χ4n) is 1.32. The molecule has 0 amide bonds. The Labute approximate surface area is 95.0 Å². The largest absolute Gasteiger partial charge is 0.296 e. The molecule has 4 nitrogen and oxygen atoms in total. The fraction of sp³-hybridized carbons (Fsp3) is 0.100. The lowest BCUT2D eigenvalue weighted by Crippen LogP contribution is -1.97. The highest BCUT2D eigenvalue weighted by atomic mass is 79.9. The summed E-state index contributed by atoms with van der Waals surface area (Å²) in [6.07, 6.45) is 2.28. The van der Waals surface area contributed by atoms with Gasteiger partial charge in [0.2, 0.25) is 0 Å². The number of halogens is 1. The summed E-state index contributed by atoms with van der Waals surface area (Å²) in [5.74, 6) is 0. The van der Waals surface area contributed by atoms with Crippen molar-refractivity contribution in [1.82, 2.24) is 15.0 Å². The maximum absolute atomic E-state index is 10.5. The van der Waals surface area contributed by atoms with E-state index in [1.54, 1.807) is 10.9 Å². The molecule has 15 heavy (non-hydrogen) atoms. The van der Waals surface area contributed by atoms with Crippen molar-refractivity contribution < 1.29 is 4.79 Å². The molecule has 0 unspecified atom stereocenters. The summed E-state index contributed by atoms with van der Waals surface area (Å²) in [7, 11) is 0. The second-order valence-electron chi connectivity index (χ2n) is 3.14. The van der Waals surface area contributed by atoms with Gasteiger partial charge in [-0.05, 0) is 30.7 Å². The Balaban J connectivity index is 2.49. The smallest absolute Gasteiger partial charge is 0.171 e. The van der Waals surface area contributed by atoms with Gasteiger partial charge in [0.15, 0.2) is 6.29 Å². The molecule has 1 aromatic carbocycles. The molecule has 0 aliphatic carbocycles. The van der Waals surface area contributed by atoms with Crippen LogP contribution in [0, 0.1) is 6.92 Å². The number of aldehydes is 1. The van der Waals surface area contributed by atoms with E-state index in [9.17, 15) is 4.79 Å². The summed E-state index contributed by atoms with van der Waals surface area (Å²) >= 11 is 3.39. The third-order valence-electron chi connectivity index (χ3n) is 2.04. The van der Waals surface area contributed by atoms with E-state index in [0.717, 1.165) is 15.7 Å². The third-order valence-corrected chi connectivity index (χ3v) is 2.53. The van der Waals surface area contributed by atoms with Gasteiger partial charge in [-0.1, -0.05) is 21.1 Å². The van der Waals surface area contributed by atoms with Gasteiger partial charge in [-0.25, -0.2) is 4.68 Å². The molecule has 0 radical (unpaired) electrons. The zero-order valence-corrected chi connectivity index (χ0v) is 9.60. The van der Waals surface area contributed by atoms with Crippen LogP contribution in [0.4, 0.5) is 0 Å². The number of aryl methyl sites for hydroxylation is 1. The molecule has 76 valence electrons. The van der Waals surface area contributed by atoms with E-state index in [1.807, 2.05) is 25.1 Å². The third kappa shape index (κ3) is 1.97. The van der Waals surface area contributed by atoms with Crippen molar-refractivity contribution in [3.8, 4) is 5.69 Å². The van der Waals surface area contributed by atoms with Crippen LogP contribution in [0.15, 0.2) is 28.9 Å².